The Labute approximate surface area is 209 Å². The Hall–Kier alpha value is -4.35. The van der Waals surface area contributed by atoms with E-state index < -0.39 is 23.0 Å². The first-order valence-corrected chi connectivity index (χ1v) is 11.8. The number of hydrogen-bond acceptors (Lipinski definition) is 8. The van der Waals surface area contributed by atoms with Crippen LogP contribution in [0.4, 0.5) is 20.4 Å². The normalized spacial score (nSPS) is 18.8. The number of nitrogens with one attached hydrogen (secondary N) is 1. The standard InChI is InChI=1S/C25H22F2N8O2/c1-25(15(36)8-11-6-7-11)17-20(28)32-22(33-21(17)34-24(25)37)19-13-10-29-35(2)23(13)31-16(30-19)9-12-4-3-5-14(26)18(12)27/h3-5,10-11H,6-9H2,1-2H3,(H3,28,32,33,34,37). The van der Waals surface area contributed by atoms with Gasteiger partial charge in [-0.1, -0.05) is 12.1 Å². The fourth-order valence-corrected chi connectivity index (χ4v) is 4.74. The van der Waals surface area contributed by atoms with Crippen LogP contribution in [0.5, 0.6) is 0 Å². The van der Waals surface area contributed by atoms with E-state index in [9.17, 15) is 18.4 Å². The first-order valence-electron chi connectivity index (χ1n) is 11.8. The Morgan fingerprint density at radius 3 is 2.76 bits per heavy atom. The molecule has 4 aromatic rings. The molecule has 12 heteroatoms. The second-order valence-electron chi connectivity index (χ2n) is 9.69. The van der Waals surface area contributed by atoms with Crippen LogP contribution in [0.15, 0.2) is 24.4 Å². The molecule has 0 spiro atoms. The molecule has 10 nitrogen and oxygen atoms in total. The van der Waals surface area contributed by atoms with E-state index in [1.165, 1.54) is 23.0 Å². The number of ketones is 1. The topological polar surface area (TPSA) is 142 Å². The molecule has 1 aliphatic heterocycles. The minimum atomic E-state index is -1.48. The van der Waals surface area contributed by atoms with Crippen LogP contribution in [0.25, 0.3) is 22.6 Å². The average molecular weight is 505 g/mol. The van der Waals surface area contributed by atoms with Gasteiger partial charge in [0, 0.05) is 19.9 Å². The number of nitrogens with zero attached hydrogens (tertiary/aromatic N) is 6. The summed E-state index contributed by atoms with van der Waals surface area (Å²) >= 11 is 0. The van der Waals surface area contributed by atoms with Crippen LogP contribution in [0.3, 0.4) is 0 Å². The molecule has 37 heavy (non-hydrogen) atoms. The number of aromatic nitrogens is 6. The summed E-state index contributed by atoms with van der Waals surface area (Å²) < 4.78 is 29.6. The number of hydrogen-bond donors (Lipinski definition) is 2. The first-order chi connectivity index (χ1) is 17.7. The monoisotopic (exact) mass is 504 g/mol. The van der Waals surface area contributed by atoms with E-state index >= 15 is 0 Å². The van der Waals surface area contributed by atoms with Crippen molar-refractivity contribution in [2.75, 3.05) is 11.1 Å². The molecule has 6 rings (SSSR count). The fourth-order valence-electron chi connectivity index (χ4n) is 4.74. The van der Waals surface area contributed by atoms with E-state index in [2.05, 4.69) is 30.4 Å². The molecule has 1 atom stereocenters. The lowest BCUT2D eigenvalue weighted by Gasteiger charge is -2.21. The Morgan fingerprint density at radius 2 is 2.00 bits per heavy atom. The minimum absolute atomic E-state index is 0.0154. The van der Waals surface area contributed by atoms with Gasteiger partial charge in [-0.2, -0.15) is 5.10 Å². The van der Waals surface area contributed by atoms with E-state index in [0.29, 0.717) is 23.4 Å². The molecule has 1 fully saturated rings. The summed E-state index contributed by atoms with van der Waals surface area (Å²) in [6, 6.07) is 3.90. The number of Topliss-reactive ketones (excluding diaryl/α,β-unsaturated/α-hetero) is 1. The van der Waals surface area contributed by atoms with Crippen LogP contribution in [-0.4, -0.2) is 41.4 Å². The number of nitrogens with two attached hydrogens (primary N) is 1. The average Bonchev–Trinajstić information content (AvgIpc) is 3.54. The predicted octanol–water partition coefficient (Wildman–Crippen LogP) is 2.85. The van der Waals surface area contributed by atoms with Gasteiger partial charge < -0.3 is 11.1 Å². The highest BCUT2D eigenvalue weighted by atomic mass is 19.2. The Balaban J connectivity index is 1.46. The molecule has 0 radical (unpaired) electrons. The second-order valence-corrected chi connectivity index (χ2v) is 9.69. The van der Waals surface area contributed by atoms with Gasteiger partial charge in [0.05, 0.1) is 17.1 Å². The van der Waals surface area contributed by atoms with Crippen molar-refractivity contribution >= 4 is 34.4 Å². The SMILES string of the molecule is Cn1ncc2c(-c3nc(N)c4c(n3)NC(=O)C4(C)C(=O)CC3CC3)nc(Cc3cccc(F)c3F)nc21. The molecule has 1 unspecified atom stereocenters. The van der Waals surface area contributed by atoms with Crippen molar-refractivity contribution in [2.24, 2.45) is 13.0 Å². The molecule has 188 valence electrons. The molecule has 4 heterocycles. The van der Waals surface area contributed by atoms with Crippen molar-refractivity contribution in [3.05, 3.63) is 53.0 Å². The third-order valence-corrected chi connectivity index (χ3v) is 7.08. The molecule has 0 saturated heterocycles. The molecule has 2 aliphatic rings. The number of amides is 1. The molecular weight excluding hydrogens is 482 g/mol. The molecule has 3 aromatic heterocycles. The van der Waals surface area contributed by atoms with Gasteiger partial charge in [-0.15, -0.1) is 0 Å². The number of rotatable bonds is 6. The van der Waals surface area contributed by atoms with Crippen molar-refractivity contribution in [2.45, 2.75) is 38.0 Å². The van der Waals surface area contributed by atoms with Crippen LogP contribution < -0.4 is 11.1 Å². The number of aryl methyl sites for hydroxylation is 1. The summed E-state index contributed by atoms with van der Waals surface area (Å²) in [4.78, 5) is 44.0. The maximum Gasteiger partial charge on any atom is 0.243 e. The molecule has 3 N–H and O–H groups in total. The lowest BCUT2D eigenvalue weighted by molar-refractivity contribution is -0.132. The lowest BCUT2D eigenvalue weighted by atomic mass is 9.78. The smallest absolute Gasteiger partial charge is 0.243 e. The summed E-state index contributed by atoms with van der Waals surface area (Å²) in [5, 5.41) is 7.42. The van der Waals surface area contributed by atoms with Gasteiger partial charge in [0.1, 0.15) is 28.6 Å². The molecule has 1 saturated carbocycles. The zero-order valence-corrected chi connectivity index (χ0v) is 20.0. The zero-order valence-electron chi connectivity index (χ0n) is 20.0. The number of benzene rings is 1. The molecule has 1 aromatic carbocycles. The molecule has 0 bridgehead atoms. The number of fused-ring (bicyclic) bond motifs is 2. The summed E-state index contributed by atoms with van der Waals surface area (Å²) in [6.07, 6.45) is 3.68. The van der Waals surface area contributed by atoms with Crippen molar-refractivity contribution < 1.29 is 18.4 Å². The zero-order chi connectivity index (χ0) is 26.1. The third-order valence-electron chi connectivity index (χ3n) is 7.08. The first kappa shape index (κ1) is 23.1. The minimum Gasteiger partial charge on any atom is -0.383 e. The van der Waals surface area contributed by atoms with Gasteiger partial charge in [-0.05, 0) is 37.3 Å². The largest absolute Gasteiger partial charge is 0.383 e. The summed E-state index contributed by atoms with van der Waals surface area (Å²) in [6.45, 7) is 1.55. The van der Waals surface area contributed by atoms with Gasteiger partial charge in [0.15, 0.2) is 28.9 Å². The van der Waals surface area contributed by atoms with Crippen LogP contribution in [0, 0.1) is 17.6 Å². The van der Waals surface area contributed by atoms with Gasteiger partial charge >= 0.3 is 0 Å². The molecular formula is C25H22F2N8O2. The number of halogens is 2. The van der Waals surface area contributed by atoms with Crippen LogP contribution >= 0.6 is 0 Å². The maximum absolute atomic E-state index is 14.3. The van der Waals surface area contributed by atoms with Crippen molar-refractivity contribution in [3.63, 3.8) is 0 Å². The quantitative estimate of drug-likeness (QED) is 0.382. The van der Waals surface area contributed by atoms with E-state index in [4.69, 9.17) is 5.73 Å². The van der Waals surface area contributed by atoms with Crippen molar-refractivity contribution in [3.8, 4) is 11.5 Å². The summed E-state index contributed by atoms with van der Waals surface area (Å²) in [7, 11) is 1.68. The lowest BCUT2D eigenvalue weighted by Crippen LogP contribution is -2.40. The Kier molecular flexibility index (Phi) is 5.04. The molecule has 1 aliphatic carbocycles. The summed E-state index contributed by atoms with van der Waals surface area (Å²) in [5.74, 6) is -1.97. The highest BCUT2D eigenvalue weighted by Gasteiger charge is 2.52. The predicted molar refractivity (Wildman–Crippen MR) is 129 cm³/mol. The molecule has 1 amide bonds. The maximum atomic E-state index is 14.3. The number of nitrogen functional groups attached to an aromatic ring is 1. The van der Waals surface area contributed by atoms with Gasteiger partial charge in [-0.3, -0.25) is 14.3 Å². The van der Waals surface area contributed by atoms with Gasteiger partial charge in [-0.25, -0.2) is 28.7 Å². The van der Waals surface area contributed by atoms with Crippen molar-refractivity contribution in [1.82, 2.24) is 29.7 Å². The highest BCUT2D eigenvalue weighted by Crippen LogP contribution is 2.44. The van der Waals surface area contributed by atoms with Crippen LogP contribution in [0.2, 0.25) is 0 Å². The summed E-state index contributed by atoms with van der Waals surface area (Å²) in [5.41, 5.74) is 5.87. The van der Waals surface area contributed by atoms with E-state index in [1.807, 2.05) is 0 Å². The van der Waals surface area contributed by atoms with Gasteiger partial charge in [0.25, 0.3) is 0 Å². The van der Waals surface area contributed by atoms with E-state index in [1.54, 1.807) is 14.0 Å². The second kappa shape index (κ2) is 8.08. The van der Waals surface area contributed by atoms with E-state index in [0.717, 1.165) is 18.9 Å². The third kappa shape index (κ3) is 3.62. The number of carbonyl (C=O) groups excluding carboxylic acids is 2. The van der Waals surface area contributed by atoms with Crippen LogP contribution in [0.1, 0.15) is 43.1 Å². The number of anilines is 2. The van der Waals surface area contributed by atoms with Gasteiger partial charge in [0.2, 0.25) is 5.91 Å². The van der Waals surface area contributed by atoms with E-state index in [-0.39, 0.29) is 52.3 Å². The van der Waals surface area contributed by atoms with Crippen molar-refractivity contribution in [1.29, 1.82) is 0 Å². The Morgan fingerprint density at radius 1 is 1.22 bits per heavy atom. The Bertz CT molecular complexity index is 1630. The number of carbonyl (C=O) groups is 2. The fraction of sp³-hybridized carbons (Fsp3) is 0.320. The van der Waals surface area contributed by atoms with Crippen LogP contribution in [-0.2, 0) is 28.5 Å². The highest BCUT2D eigenvalue weighted by molar-refractivity contribution is 6.21.